The lowest BCUT2D eigenvalue weighted by molar-refractivity contribution is -0.137. The topological polar surface area (TPSA) is 83.5 Å². The molecule has 0 radical (unpaired) electrons. The zero-order chi connectivity index (χ0) is 17.3. The SMILES string of the molecule is CCCCCCCCCCCC(=O)SCCC(=O)NCC(=O)O. The Bertz CT molecular complexity index is 347. The fraction of sp³-hybridized carbons (Fsp3) is 0.824. The van der Waals surface area contributed by atoms with Crippen molar-refractivity contribution in [2.75, 3.05) is 12.3 Å². The highest BCUT2D eigenvalue weighted by molar-refractivity contribution is 8.13. The van der Waals surface area contributed by atoms with E-state index in [1.165, 1.54) is 56.7 Å². The quantitative estimate of drug-likeness (QED) is 0.442. The molecule has 0 atom stereocenters. The van der Waals surface area contributed by atoms with Gasteiger partial charge in [0.15, 0.2) is 5.12 Å². The number of carboxylic acid groups (broad SMARTS) is 1. The van der Waals surface area contributed by atoms with Gasteiger partial charge in [-0.25, -0.2) is 0 Å². The largest absolute Gasteiger partial charge is 0.480 e. The molecule has 6 heteroatoms. The molecule has 1 amide bonds. The Labute approximate surface area is 144 Å². The smallest absolute Gasteiger partial charge is 0.322 e. The Hall–Kier alpha value is -1.04. The minimum Gasteiger partial charge on any atom is -0.480 e. The van der Waals surface area contributed by atoms with Crippen molar-refractivity contribution in [1.82, 2.24) is 5.32 Å². The maximum Gasteiger partial charge on any atom is 0.322 e. The summed E-state index contributed by atoms with van der Waals surface area (Å²) in [5.41, 5.74) is 0. The summed E-state index contributed by atoms with van der Waals surface area (Å²) in [6, 6.07) is 0. The third-order valence-corrected chi connectivity index (χ3v) is 4.45. The lowest BCUT2D eigenvalue weighted by Crippen LogP contribution is -2.29. The normalized spacial score (nSPS) is 10.5. The van der Waals surface area contributed by atoms with E-state index in [-0.39, 0.29) is 24.0 Å². The maximum absolute atomic E-state index is 11.6. The molecule has 0 aliphatic heterocycles. The summed E-state index contributed by atoms with van der Waals surface area (Å²) in [6.45, 7) is 1.85. The third-order valence-electron chi connectivity index (χ3n) is 3.51. The first-order valence-electron chi connectivity index (χ1n) is 8.70. The van der Waals surface area contributed by atoms with Gasteiger partial charge in [0.05, 0.1) is 0 Å². The summed E-state index contributed by atoms with van der Waals surface area (Å²) >= 11 is 1.17. The average Bonchev–Trinajstić information content (AvgIpc) is 2.51. The van der Waals surface area contributed by atoms with Crippen molar-refractivity contribution in [1.29, 1.82) is 0 Å². The number of hydrogen-bond acceptors (Lipinski definition) is 4. The number of rotatable bonds is 15. The molecule has 0 aromatic heterocycles. The molecule has 5 nitrogen and oxygen atoms in total. The summed E-state index contributed by atoms with van der Waals surface area (Å²) in [7, 11) is 0. The minimum absolute atomic E-state index is 0.124. The number of carbonyl (C=O) groups excluding carboxylic acids is 2. The van der Waals surface area contributed by atoms with Crippen molar-refractivity contribution >= 4 is 28.8 Å². The van der Waals surface area contributed by atoms with Gasteiger partial charge in [-0.05, 0) is 6.42 Å². The van der Waals surface area contributed by atoms with Crippen molar-refractivity contribution in [3.05, 3.63) is 0 Å². The Morgan fingerprint density at radius 1 is 0.870 bits per heavy atom. The van der Waals surface area contributed by atoms with Gasteiger partial charge >= 0.3 is 5.97 Å². The molecule has 0 spiro atoms. The Morgan fingerprint density at radius 3 is 2.00 bits per heavy atom. The van der Waals surface area contributed by atoms with Crippen molar-refractivity contribution < 1.29 is 19.5 Å². The van der Waals surface area contributed by atoms with Crippen LogP contribution in [0.25, 0.3) is 0 Å². The van der Waals surface area contributed by atoms with E-state index < -0.39 is 5.97 Å². The second-order valence-electron chi connectivity index (χ2n) is 5.72. The van der Waals surface area contributed by atoms with E-state index in [4.69, 9.17) is 5.11 Å². The molecule has 0 bridgehead atoms. The van der Waals surface area contributed by atoms with E-state index >= 15 is 0 Å². The maximum atomic E-state index is 11.6. The number of unbranched alkanes of at least 4 members (excludes halogenated alkanes) is 8. The number of aliphatic carboxylic acids is 1. The molecular formula is C17H31NO4S. The van der Waals surface area contributed by atoms with Crippen LogP contribution in [-0.4, -0.2) is 34.4 Å². The van der Waals surface area contributed by atoms with Crippen LogP contribution < -0.4 is 5.32 Å². The van der Waals surface area contributed by atoms with E-state index in [2.05, 4.69) is 12.2 Å². The van der Waals surface area contributed by atoms with Gasteiger partial charge in [0, 0.05) is 18.6 Å². The number of thioether (sulfide) groups is 1. The predicted octanol–water partition coefficient (Wildman–Crippen LogP) is 3.76. The van der Waals surface area contributed by atoms with Crippen LogP contribution in [0.3, 0.4) is 0 Å². The van der Waals surface area contributed by atoms with E-state index in [1.807, 2.05) is 0 Å². The lowest BCUT2D eigenvalue weighted by atomic mass is 10.1. The molecule has 23 heavy (non-hydrogen) atoms. The van der Waals surface area contributed by atoms with Gasteiger partial charge in [-0.1, -0.05) is 70.1 Å². The monoisotopic (exact) mass is 345 g/mol. The summed E-state index contributed by atoms with van der Waals surface area (Å²) in [5.74, 6) is -0.968. The van der Waals surface area contributed by atoms with E-state index in [0.29, 0.717) is 12.2 Å². The van der Waals surface area contributed by atoms with Gasteiger partial charge in [-0.2, -0.15) is 0 Å². The minimum atomic E-state index is -1.06. The van der Waals surface area contributed by atoms with Crippen LogP contribution in [0.4, 0.5) is 0 Å². The molecule has 0 unspecified atom stereocenters. The third kappa shape index (κ3) is 17.2. The second-order valence-corrected chi connectivity index (χ2v) is 6.87. The van der Waals surface area contributed by atoms with Crippen LogP contribution in [0.5, 0.6) is 0 Å². The standard InChI is InChI=1S/C17H31NO4S/c1-2-3-4-5-6-7-8-9-10-11-17(22)23-13-12-15(19)18-14-16(20)21/h2-14H2,1H3,(H,18,19)(H,20,21). The number of carbonyl (C=O) groups is 3. The zero-order valence-electron chi connectivity index (χ0n) is 14.3. The van der Waals surface area contributed by atoms with Gasteiger partial charge in [0.25, 0.3) is 0 Å². The molecule has 0 heterocycles. The summed E-state index contributed by atoms with van der Waals surface area (Å²) < 4.78 is 0. The summed E-state index contributed by atoms with van der Waals surface area (Å²) in [6.07, 6.45) is 11.8. The van der Waals surface area contributed by atoms with Gasteiger partial charge < -0.3 is 10.4 Å². The summed E-state index contributed by atoms with van der Waals surface area (Å²) in [4.78, 5) is 33.2. The first-order chi connectivity index (χ1) is 11.1. The highest BCUT2D eigenvalue weighted by Gasteiger charge is 2.07. The highest BCUT2D eigenvalue weighted by Crippen LogP contribution is 2.14. The van der Waals surface area contributed by atoms with Crippen molar-refractivity contribution in [2.45, 2.75) is 77.6 Å². The fourth-order valence-electron chi connectivity index (χ4n) is 2.17. The Kier molecular flexibility index (Phi) is 15.1. The van der Waals surface area contributed by atoms with Crippen molar-refractivity contribution in [2.24, 2.45) is 0 Å². The molecule has 2 N–H and O–H groups in total. The molecule has 0 fully saturated rings. The van der Waals surface area contributed by atoms with E-state index in [0.717, 1.165) is 12.8 Å². The summed E-state index contributed by atoms with van der Waals surface area (Å²) in [5, 5.41) is 10.8. The molecular weight excluding hydrogens is 314 g/mol. The van der Waals surface area contributed by atoms with Crippen LogP contribution in [0, 0.1) is 0 Å². The molecule has 0 aromatic rings. The first kappa shape index (κ1) is 22.0. The van der Waals surface area contributed by atoms with Crippen LogP contribution in [-0.2, 0) is 14.4 Å². The Balaban J connectivity index is 3.34. The van der Waals surface area contributed by atoms with Gasteiger partial charge in [-0.3, -0.25) is 14.4 Å². The van der Waals surface area contributed by atoms with Crippen LogP contribution >= 0.6 is 11.8 Å². The highest BCUT2D eigenvalue weighted by atomic mass is 32.2. The van der Waals surface area contributed by atoms with Crippen molar-refractivity contribution in [3.8, 4) is 0 Å². The molecule has 0 saturated heterocycles. The molecule has 0 saturated carbocycles. The van der Waals surface area contributed by atoms with E-state index in [9.17, 15) is 14.4 Å². The van der Waals surface area contributed by atoms with Crippen LogP contribution in [0.2, 0.25) is 0 Å². The number of amides is 1. The lowest BCUT2D eigenvalue weighted by Gasteiger charge is -2.03. The molecule has 0 aliphatic carbocycles. The van der Waals surface area contributed by atoms with Crippen molar-refractivity contribution in [3.63, 3.8) is 0 Å². The van der Waals surface area contributed by atoms with Gasteiger partial charge in [0.1, 0.15) is 6.54 Å². The van der Waals surface area contributed by atoms with E-state index in [1.54, 1.807) is 0 Å². The number of hydrogen-bond donors (Lipinski definition) is 2. The average molecular weight is 346 g/mol. The first-order valence-corrected chi connectivity index (χ1v) is 9.69. The van der Waals surface area contributed by atoms with Gasteiger partial charge in [0.2, 0.25) is 5.91 Å². The van der Waals surface area contributed by atoms with Crippen LogP contribution in [0.1, 0.15) is 77.6 Å². The number of nitrogens with one attached hydrogen (secondary N) is 1. The molecule has 0 aromatic carbocycles. The molecule has 0 rings (SSSR count). The van der Waals surface area contributed by atoms with Crippen LogP contribution in [0.15, 0.2) is 0 Å². The fourth-order valence-corrected chi connectivity index (χ4v) is 2.98. The second kappa shape index (κ2) is 15.8. The number of carboxylic acids is 1. The predicted molar refractivity (Wildman–Crippen MR) is 94.6 cm³/mol. The zero-order valence-corrected chi connectivity index (χ0v) is 15.1. The van der Waals surface area contributed by atoms with Gasteiger partial charge in [-0.15, -0.1) is 0 Å². The molecule has 0 aliphatic rings. The molecule has 134 valence electrons. The Morgan fingerprint density at radius 2 is 1.43 bits per heavy atom.